The van der Waals surface area contributed by atoms with Crippen LogP contribution in [0.5, 0.6) is 11.5 Å². The number of methoxy groups -OCH3 is 2. The number of ether oxygens (including phenoxy) is 3. The molecule has 0 fully saturated rings. The predicted molar refractivity (Wildman–Crippen MR) is 113 cm³/mol. The van der Waals surface area contributed by atoms with E-state index in [1.165, 1.54) is 0 Å². The molecule has 1 amide bonds. The normalized spacial score (nSPS) is 11.7. The van der Waals surface area contributed by atoms with Crippen LogP contribution in [0.2, 0.25) is 0 Å². The maximum Gasteiger partial charge on any atom is 0.306 e. The average molecular weight is 399 g/mol. The summed E-state index contributed by atoms with van der Waals surface area (Å²) in [5, 5.41) is 2.85. The van der Waals surface area contributed by atoms with E-state index >= 15 is 0 Å². The summed E-state index contributed by atoms with van der Waals surface area (Å²) in [5.74, 6) is 0.726. The third kappa shape index (κ3) is 6.24. The summed E-state index contributed by atoms with van der Waals surface area (Å²) in [4.78, 5) is 24.6. The van der Waals surface area contributed by atoms with Gasteiger partial charge in [-0.05, 0) is 48.6 Å². The molecule has 0 aliphatic heterocycles. The van der Waals surface area contributed by atoms with Gasteiger partial charge in [-0.25, -0.2) is 0 Å². The summed E-state index contributed by atoms with van der Waals surface area (Å²) in [6.45, 7) is 5.69. The largest absolute Gasteiger partial charge is 0.493 e. The molecule has 0 unspecified atom stereocenters. The molecule has 2 rings (SSSR count). The highest BCUT2D eigenvalue weighted by atomic mass is 16.5. The van der Waals surface area contributed by atoms with E-state index < -0.39 is 12.1 Å². The molecule has 0 radical (unpaired) electrons. The topological polar surface area (TPSA) is 73.9 Å². The van der Waals surface area contributed by atoms with E-state index in [0.29, 0.717) is 17.9 Å². The fourth-order valence-electron chi connectivity index (χ4n) is 2.94. The lowest BCUT2D eigenvalue weighted by molar-refractivity contribution is -0.153. The first kappa shape index (κ1) is 22.3. The van der Waals surface area contributed by atoms with Crippen LogP contribution in [0.1, 0.15) is 44.2 Å². The third-order valence-corrected chi connectivity index (χ3v) is 4.58. The van der Waals surface area contributed by atoms with Crippen molar-refractivity contribution < 1.29 is 23.8 Å². The zero-order chi connectivity index (χ0) is 21.4. The lowest BCUT2D eigenvalue weighted by Crippen LogP contribution is -2.30. The van der Waals surface area contributed by atoms with Crippen molar-refractivity contribution in [3.8, 4) is 11.5 Å². The van der Waals surface area contributed by atoms with Gasteiger partial charge in [0.05, 0.1) is 14.2 Å². The molecule has 6 heteroatoms. The Kier molecular flexibility index (Phi) is 8.07. The number of benzene rings is 2. The minimum Gasteiger partial charge on any atom is -0.493 e. The maximum atomic E-state index is 12.4. The Labute approximate surface area is 172 Å². The molecule has 0 aliphatic rings. The molecule has 0 heterocycles. The van der Waals surface area contributed by atoms with Gasteiger partial charge in [-0.2, -0.15) is 0 Å². The van der Waals surface area contributed by atoms with Gasteiger partial charge in [-0.1, -0.05) is 38.1 Å². The number of rotatable bonds is 9. The zero-order valence-electron chi connectivity index (χ0n) is 17.7. The summed E-state index contributed by atoms with van der Waals surface area (Å²) in [6.07, 6.45) is -0.243. The van der Waals surface area contributed by atoms with Crippen molar-refractivity contribution in [3.63, 3.8) is 0 Å². The van der Waals surface area contributed by atoms with Crippen molar-refractivity contribution in [2.24, 2.45) is 0 Å². The van der Waals surface area contributed by atoms with Crippen LogP contribution in [0.25, 0.3) is 0 Å². The van der Waals surface area contributed by atoms with Gasteiger partial charge in [0.2, 0.25) is 0 Å². The molecule has 6 nitrogen and oxygen atoms in total. The van der Waals surface area contributed by atoms with Gasteiger partial charge in [-0.3, -0.25) is 9.59 Å². The molecular weight excluding hydrogens is 370 g/mol. The van der Waals surface area contributed by atoms with E-state index in [2.05, 4.69) is 19.2 Å². The van der Waals surface area contributed by atoms with Crippen LogP contribution in [-0.4, -0.2) is 32.2 Å². The summed E-state index contributed by atoms with van der Waals surface area (Å²) >= 11 is 0. The fraction of sp³-hybridized carbons (Fsp3) is 0.391. The smallest absolute Gasteiger partial charge is 0.306 e. The standard InChI is InChI=1S/C23H29NO5/c1-15(2)18-8-6-7-9-19(18)24-23(26)16(3)29-22(25)13-11-17-10-12-20(27-4)21(14-17)28-5/h6-10,12,14-16H,11,13H2,1-5H3,(H,24,26)/t16-/m1/s1. The summed E-state index contributed by atoms with van der Waals surface area (Å²) < 4.78 is 15.8. The molecule has 1 N–H and O–H groups in total. The Hall–Kier alpha value is -3.02. The first-order valence-corrected chi connectivity index (χ1v) is 9.65. The molecule has 0 aromatic heterocycles. The van der Waals surface area contributed by atoms with E-state index in [4.69, 9.17) is 14.2 Å². The second-order valence-electron chi connectivity index (χ2n) is 7.05. The minimum atomic E-state index is -0.881. The van der Waals surface area contributed by atoms with Crippen molar-refractivity contribution in [1.29, 1.82) is 0 Å². The highest BCUT2D eigenvalue weighted by molar-refractivity contribution is 5.95. The van der Waals surface area contributed by atoms with Gasteiger partial charge < -0.3 is 19.5 Å². The second-order valence-corrected chi connectivity index (χ2v) is 7.05. The number of anilines is 1. The number of hydrogen-bond acceptors (Lipinski definition) is 5. The van der Waals surface area contributed by atoms with Crippen LogP contribution in [0.4, 0.5) is 5.69 Å². The van der Waals surface area contributed by atoms with Crippen LogP contribution in [0.15, 0.2) is 42.5 Å². The number of nitrogens with one attached hydrogen (secondary N) is 1. The van der Waals surface area contributed by atoms with Gasteiger partial charge in [0.1, 0.15) is 0 Å². The Morgan fingerprint density at radius 2 is 1.66 bits per heavy atom. The van der Waals surface area contributed by atoms with Crippen LogP contribution in [0.3, 0.4) is 0 Å². The first-order valence-electron chi connectivity index (χ1n) is 9.65. The van der Waals surface area contributed by atoms with E-state index in [1.54, 1.807) is 27.2 Å². The molecule has 2 aromatic rings. The number of amides is 1. The first-order chi connectivity index (χ1) is 13.8. The Bertz CT molecular complexity index is 847. The highest BCUT2D eigenvalue weighted by Crippen LogP contribution is 2.28. The van der Waals surface area contributed by atoms with Crippen LogP contribution in [-0.2, 0) is 20.7 Å². The monoisotopic (exact) mass is 399 g/mol. The van der Waals surface area contributed by atoms with Gasteiger partial charge in [-0.15, -0.1) is 0 Å². The van der Waals surface area contributed by atoms with Crippen molar-refractivity contribution in [1.82, 2.24) is 0 Å². The third-order valence-electron chi connectivity index (χ3n) is 4.58. The molecule has 156 valence electrons. The van der Waals surface area contributed by atoms with Crippen LogP contribution < -0.4 is 14.8 Å². The highest BCUT2D eigenvalue weighted by Gasteiger charge is 2.19. The number of carbonyl (C=O) groups is 2. The van der Waals surface area contributed by atoms with Gasteiger partial charge in [0, 0.05) is 12.1 Å². The number of carbonyl (C=O) groups excluding carboxylic acids is 2. The van der Waals surface area contributed by atoms with Crippen molar-refractivity contribution >= 4 is 17.6 Å². The maximum absolute atomic E-state index is 12.4. The lowest BCUT2D eigenvalue weighted by Gasteiger charge is -2.17. The number of esters is 1. The number of aryl methyl sites for hydroxylation is 1. The van der Waals surface area contributed by atoms with Crippen molar-refractivity contribution in [2.75, 3.05) is 19.5 Å². The summed E-state index contributed by atoms with van der Waals surface area (Å²) in [6, 6.07) is 13.1. The lowest BCUT2D eigenvalue weighted by atomic mass is 10.0. The summed E-state index contributed by atoms with van der Waals surface area (Å²) in [5.41, 5.74) is 2.69. The molecular formula is C23H29NO5. The predicted octanol–water partition coefficient (Wildman–Crippen LogP) is 4.33. The van der Waals surface area contributed by atoms with Gasteiger partial charge in [0.25, 0.3) is 5.91 Å². The minimum absolute atomic E-state index is 0.162. The molecule has 1 atom stereocenters. The SMILES string of the molecule is COc1ccc(CCC(=O)O[C@H](C)C(=O)Nc2ccccc2C(C)C)cc1OC. The van der Waals surface area contributed by atoms with E-state index in [0.717, 1.165) is 16.8 Å². The molecule has 0 aliphatic carbocycles. The van der Waals surface area contributed by atoms with E-state index in [-0.39, 0.29) is 18.2 Å². The molecule has 0 saturated carbocycles. The van der Waals surface area contributed by atoms with Gasteiger partial charge in [0.15, 0.2) is 17.6 Å². The number of para-hydroxylation sites is 1. The molecule has 29 heavy (non-hydrogen) atoms. The Morgan fingerprint density at radius 1 is 0.966 bits per heavy atom. The Morgan fingerprint density at radius 3 is 2.31 bits per heavy atom. The van der Waals surface area contributed by atoms with Crippen molar-refractivity contribution in [2.45, 2.75) is 45.6 Å². The van der Waals surface area contributed by atoms with E-state index in [1.807, 2.05) is 36.4 Å². The summed E-state index contributed by atoms with van der Waals surface area (Å²) in [7, 11) is 3.13. The quantitative estimate of drug-likeness (QED) is 0.635. The second kappa shape index (κ2) is 10.5. The van der Waals surface area contributed by atoms with Crippen LogP contribution >= 0.6 is 0 Å². The Balaban J connectivity index is 1.89. The fourth-order valence-corrected chi connectivity index (χ4v) is 2.94. The molecule has 0 saturated heterocycles. The van der Waals surface area contributed by atoms with Crippen molar-refractivity contribution in [3.05, 3.63) is 53.6 Å². The van der Waals surface area contributed by atoms with Crippen LogP contribution in [0, 0.1) is 0 Å². The zero-order valence-corrected chi connectivity index (χ0v) is 17.7. The average Bonchev–Trinajstić information content (AvgIpc) is 2.72. The van der Waals surface area contributed by atoms with E-state index in [9.17, 15) is 9.59 Å². The molecule has 0 bridgehead atoms. The molecule has 2 aromatic carbocycles. The van der Waals surface area contributed by atoms with Gasteiger partial charge >= 0.3 is 5.97 Å². The number of hydrogen-bond donors (Lipinski definition) is 1. The molecule has 0 spiro atoms.